The molecule has 0 radical (unpaired) electrons. The second-order valence-electron chi connectivity index (χ2n) is 6.05. The molecule has 3 heterocycles. The van der Waals surface area contributed by atoms with E-state index in [1.807, 2.05) is 0 Å². The van der Waals surface area contributed by atoms with Gasteiger partial charge in [-0.15, -0.1) is 21.5 Å². The number of carbonyl (C=O) groups excluding carboxylic acids is 1. The minimum absolute atomic E-state index is 0.0178. The van der Waals surface area contributed by atoms with E-state index in [0.717, 1.165) is 42.6 Å². The number of ether oxygens (including phenoxy) is 1. The molecule has 0 spiro atoms. The first-order valence-electron chi connectivity index (χ1n) is 8.07. The summed E-state index contributed by atoms with van der Waals surface area (Å²) in [4.78, 5) is 16.6. The molecule has 3 rings (SSSR count). The second-order valence-corrected chi connectivity index (χ2v) is 7.92. The summed E-state index contributed by atoms with van der Waals surface area (Å²) in [5.41, 5.74) is 0.390. The fourth-order valence-corrected chi connectivity index (χ4v) is 3.82. The van der Waals surface area contributed by atoms with Crippen LogP contribution in [0.25, 0.3) is 0 Å². The van der Waals surface area contributed by atoms with E-state index < -0.39 is 0 Å². The molecule has 1 unspecified atom stereocenters. The zero-order valence-electron chi connectivity index (χ0n) is 13.7. The van der Waals surface area contributed by atoms with Crippen molar-refractivity contribution in [1.82, 2.24) is 15.2 Å². The molecule has 1 aliphatic rings. The average molecular weight is 368 g/mol. The lowest BCUT2D eigenvalue weighted by Crippen LogP contribution is -2.12. The summed E-state index contributed by atoms with van der Waals surface area (Å²) in [5.74, 6) is 0.369. The van der Waals surface area contributed by atoms with Gasteiger partial charge in [-0.1, -0.05) is 25.2 Å². The molecule has 1 atom stereocenters. The van der Waals surface area contributed by atoms with Gasteiger partial charge >= 0.3 is 0 Å². The van der Waals surface area contributed by atoms with E-state index in [9.17, 15) is 4.79 Å². The largest absolute Gasteiger partial charge is 0.371 e. The summed E-state index contributed by atoms with van der Waals surface area (Å²) in [6.45, 7) is 5.97. The molecule has 0 bridgehead atoms. The quantitative estimate of drug-likeness (QED) is 0.778. The molecule has 0 saturated carbocycles. The molecule has 130 valence electrons. The summed E-state index contributed by atoms with van der Waals surface area (Å²) in [6, 6.07) is 0. The van der Waals surface area contributed by atoms with Gasteiger partial charge in [0, 0.05) is 18.5 Å². The fraction of sp³-hybridized carbons (Fsp3) is 0.600. The second kappa shape index (κ2) is 8.00. The third-order valence-corrected chi connectivity index (χ3v) is 5.33. The first-order chi connectivity index (χ1) is 11.6. The Labute approximate surface area is 148 Å². The molecular formula is C15H21N5O2S2. The van der Waals surface area contributed by atoms with Crippen LogP contribution < -0.4 is 10.6 Å². The molecule has 0 aromatic carbocycles. The Morgan fingerprint density at radius 2 is 2.29 bits per heavy atom. The smallest absolute Gasteiger partial charge is 0.277 e. The molecule has 2 N–H and O–H groups in total. The fourth-order valence-electron chi connectivity index (χ4n) is 2.28. The van der Waals surface area contributed by atoms with Gasteiger partial charge in [0.05, 0.1) is 0 Å². The van der Waals surface area contributed by atoms with Crippen molar-refractivity contribution in [2.24, 2.45) is 5.92 Å². The van der Waals surface area contributed by atoms with Gasteiger partial charge in [0.2, 0.25) is 5.13 Å². The Bertz CT molecular complexity index is 679. The van der Waals surface area contributed by atoms with Gasteiger partial charge in [0.15, 0.2) is 5.13 Å². The molecule has 1 amide bonds. The number of aromatic nitrogens is 3. The van der Waals surface area contributed by atoms with Gasteiger partial charge in [-0.3, -0.25) is 10.1 Å². The van der Waals surface area contributed by atoms with E-state index in [1.54, 1.807) is 5.38 Å². The third-order valence-electron chi connectivity index (χ3n) is 3.60. The van der Waals surface area contributed by atoms with E-state index in [0.29, 0.717) is 16.7 Å². The Hall–Kier alpha value is -1.58. The highest BCUT2D eigenvalue weighted by atomic mass is 32.1. The predicted octanol–water partition coefficient (Wildman–Crippen LogP) is 3.56. The first kappa shape index (κ1) is 17.2. The molecule has 1 fully saturated rings. The summed E-state index contributed by atoms with van der Waals surface area (Å²) in [5, 5.41) is 17.9. The lowest BCUT2D eigenvalue weighted by molar-refractivity contribution is 0.102. The van der Waals surface area contributed by atoms with Crippen molar-refractivity contribution in [3.63, 3.8) is 0 Å². The van der Waals surface area contributed by atoms with Gasteiger partial charge < -0.3 is 10.1 Å². The van der Waals surface area contributed by atoms with E-state index in [1.165, 1.54) is 22.7 Å². The van der Waals surface area contributed by atoms with Gasteiger partial charge in [-0.05, 0) is 25.2 Å². The topological polar surface area (TPSA) is 89.0 Å². The molecule has 0 aliphatic carbocycles. The van der Waals surface area contributed by atoms with Gasteiger partial charge in [-0.2, -0.15) is 0 Å². The van der Waals surface area contributed by atoms with E-state index >= 15 is 0 Å². The summed E-state index contributed by atoms with van der Waals surface area (Å²) >= 11 is 2.79. The molecule has 7 nitrogen and oxygen atoms in total. The molecule has 2 aromatic heterocycles. The van der Waals surface area contributed by atoms with Crippen LogP contribution in [0, 0.1) is 5.92 Å². The monoisotopic (exact) mass is 367 g/mol. The van der Waals surface area contributed by atoms with E-state index in [-0.39, 0.29) is 12.0 Å². The molecule has 24 heavy (non-hydrogen) atoms. The van der Waals surface area contributed by atoms with Crippen LogP contribution in [-0.4, -0.2) is 34.2 Å². The van der Waals surface area contributed by atoms with Crippen LogP contribution in [0.4, 0.5) is 10.3 Å². The minimum Gasteiger partial charge on any atom is -0.371 e. The maximum atomic E-state index is 12.3. The number of anilines is 2. The van der Waals surface area contributed by atoms with Crippen LogP contribution in [-0.2, 0) is 4.74 Å². The van der Waals surface area contributed by atoms with Crippen molar-refractivity contribution in [2.75, 3.05) is 23.8 Å². The lowest BCUT2D eigenvalue weighted by atomic mass is 10.1. The van der Waals surface area contributed by atoms with Crippen LogP contribution in [0.1, 0.15) is 54.7 Å². The number of amides is 1. The highest BCUT2D eigenvalue weighted by Crippen LogP contribution is 2.32. The average Bonchev–Trinajstić information content (AvgIpc) is 3.28. The van der Waals surface area contributed by atoms with Gasteiger partial charge in [-0.25, -0.2) is 4.98 Å². The number of carbonyl (C=O) groups is 1. The van der Waals surface area contributed by atoms with Crippen LogP contribution in [0.5, 0.6) is 0 Å². The number of thiazole rings is 1. The van der Waals surface area contributed by atoms with Crippen molar-refractivity contribution in [3.05, 3.63) is 16.1 Å². The number of hydrogen-bond acceptors (Lipinski definition) is 8. The predicted molar refractivity (Wildman–Crippen MR) is 95.8 cm³/mol. The Morgan fingerprint density at radius 1 is 1.42 bits per heavy atom. The highest BCUT2D eigenvalue weighted by Gasteiger charge is 2.22. The Morgan fingerprint density at radius 3 is 3.04 bits per heavy atom. The minimum atomic E-state index is -0.266. The molecule has 1 saturated heterocycles. The molecule has 9 heteroatoms. The van der Waals surface area contributed by atoms with Gasteiger partial charge in [0.1, 0.15) is 16.8 Å². The zero-order valence-corrected chi connectivity index (χ0v) is 15.4. The van der Waals surface area contributed by atoms with Crippen molar-refractivity contribution < 1.29 is 9.53 Å². The van der Waals surface area contributed by atoms with Crippen molar-refractivity contribution >= 4 is 38.8 Å². The lowest BCUT2D eigenvalue weighted by Gasteiger charge is -2.04. The Balaban J connectivity index is 1.54. The maximum Gasteiger partial charge on any atom is 0.277 e. The number of nitrogens with one attached hydrogen (secondary N) is 2. The SMILES string of the molecule is CC(C)CCNc1nc(C(=O)Nc2nnc(C3CCCO3)s2)cs1. The van der Waals surface area contributed by atoms with Crippen LogP contribution in [0.15, 0.2) is 5.38 Å². The number of nitrogens with zero attached hydrogens (tertiary/aromatic N) is 3. The van der Waals surface area contributed by atoms with Gasteiger partial charge in [0.25, 0.3) is 5.91 Å². The van der Waals surface area contributed by atoms with Crippen LogP contribution >= 0.6 is 22.7 Å². The molecule has 1 aliphatic heterocycles. The molecule has 2 aromatic rings. The maximum absolute atomic E-state index is 12.3. The summed E-state index contributed by atoms with van der Waals surface area (Å²) < 4.78 is 5.58. The number of hydrogen-bond donors (Lipinski definition) is 2. The van der Waals surface area contributed by atoms with E-state index in [4.69, 9.17) is 4.74 Å². The standard InChI is InChI=1S/C15H21N5O2S2/c1-9(2)5-6-16-14-17-10(8-23-14)12(21)18-15-20-19-13(24-15)11-4-3-7-22-11/h8-9,11H,3-7H2,1-2H3,(H,16,17)(H,18,20,21). The number of rotatable bonds is 7. The van der Waals surface area contributed by atoms with Crippen molar-refractivity contribution in [3.8, 4) is 0 Å². The third kappa shape index (κ3) is 4.49. The summed E-state index contributed by atoms with van der Waals surface area (Å²) in [6.07, 6.45) is 3.08. The molecular weight excluding hydrogens is 346 g/mol. The highest BCUT2D eigenvalue weighted by molar-refractivity contribution is 7.15. The van der Waals surface area contributed by atoms with Crippen LogP contribution in [0.3, 0.4) is 0 Å². The Kier molecular flexibility index (Phi) is 5.75. The van der Waals surface area contributed by atoms with Crippen molar-refractivity contribution in [1.29, 1.82) is 0 Å². The zero-order chi connectivity index (χ0) is 16.9. The summed E-state index contributed by atoms with van der Waals surface area (Å²) in [7, 11) is 0. The first-order valence-corrected chi connectivity index (χ1v) is 9.77. The van der Waals surface area contributed by atoms with Crippen molar-refractivity contribution in [2.45, 2.75) is 39.2 Å². The van der Waals surface area contributed by atoms with E-state index in [2.05, 4.69) is 39.7 Å². The van der Waals surface area contributed by atoms with Crippen LogP contribution in [0.2, 0.25) is 0 Å². The normalized spacial score (nSPS) is 17.4.